The van der Waals surface area contributed by atoms with Gasteiger partial charge < -0.3 is 5.11 Å². The Bertz CT molecular complexity index is 588. The Balaban J connectivity index is 2.36. The molecule has 1 aliphatic heterocycles. The molecule has 0 amide bonds. The molecule has 6 heteroatoms. The molecule has 2 unspecified atom stereocenters. The minimum atomic E-state index is -3.52. The highest BCUT2D eigenvalue weighted by molar-refractivity contribution is 7.89. The van der Waals surface area contributed by atoms with Crippen LogP contribution in [0.15, 0.2) is 23.1 Å². The first-order valence-corrected chi connectivity index (χ1v) is 8.59. The number of aliphatic hydroxyl groups is 1. The molecule has 1 aromatic rings. The zero-order valence-electron chi connectivity index (χ0n) is 11.7. The molecule has 1 aliphatic rings. The molecule has 1 fully saturated rings. The standard InChI is InChI=1S/C14H20ClNO3S/c1-10-3-4-11(2)16(8-10)20(18,19)13-6-5-12(9-17)14(15)7-13/h5-7,10-11,17H,3-4,8-9H2,1-2H3. The number of benzene rings is 1. The first kappa shape index (κ1) is 15.8. The fourth-order valence-corrected chi connectivity index (χ4v) is 4.65. The number of piperidine rings is 1. The van der Waals surface area contributed by atoms with Crippen LogP contribution in [0, 0.1) is 5.92 Å². The van der Waals surface area contributed by atoms with E-state index < -0.39 is 10.0 Å². The van der Waals surface area contributed by atoms with Gasteiger partial charge in [-0.15, -0.1) is 0 Å². The number of rotatable bonds is 3. The minimum Gasteiger partial charge on any atom is -0.392 e. The van der Waals surface area contributed by atoms with Crippen molar-refractivity contribution in [1.29, 1.82) is 0 Å². The third-order valence-electron chi connectivity index (χ3n) is 3.86. The monoisotopic (exact) mass is 317 g/mol. The van der Waals surface area contributed by atoms with Crippen molar-refractivity contribution < 1.29 is 13.5 Å². The molecule has 0 bridgehead atoms. The Morgan fingerprint density at radius 2 is 2.05 bits per heavy atom. The maximum atomic E-state index is 12.7. The van der Waals surface area contributed by atoms with Gasteiger partial charge in [-0.2, -0.15) is 4.31 Å². The maximum Gasteiger partial charge on any atom is 0.243 e. The van der Waals surface area contributed by atoms with Crippen LogP contribution in [0.2, 0.25) is 5.02 Å². The molecular formula is C14H20ClNO3S. The van der Waals surface area contributed by atoms with Crippen LogP contribution in [0.3, 0.4) is 0 Å². The van der Waals surface area contributed by atoms with E-state index in [1.54, 1.807) is 10.4 Å². The lowest BCUT2D eigenvalue weighted by Gasteiger charge is -2.35. The molecule has 0 aromatic heterocycles. The topological polar surface area (TPSA) is 57.6 Å². The summed E-state index contributed by atoms with van der Waals surface area (Å²) in [6.07, 6.45) is 1.93. The Morgan fingerprint density at radius 1 is 1.35 bits per heavy atom. The van der Waals surface area contributed by atoms with Crippen molar-refractivity contribution in [2.24, 2.45) is 5.92 Å². The van der Waals surface area contributed by atoms with Crippen molar-refractivity contribution in [3.8, 4) is 0 Å². The van der Waals surface area contributed by atoms with Crippen molar-refractivity contribution >= 4 is 21.6 Å². The molecule has 0 radical (unpaired) electrons. The average molecular weight is 318 g/mol. The number of hydrogen-bond donors (Lipinski definition) is 1. The number of hydrogen-bond acceptors (Lipinski definition) is 3. The predicted molar refractivity (Wildman–Crippen MR) is 79.1 cm³/mol. The predicted octanol–water partition coefficient (Wildman–Crippen LogP) is 2.64. The van der Waals surface area contributed by atoms with Gasteiger partial charge in [-0.3, -0.25) is 0 Å². The second-order valence-corrected chi connectivity index (χ2v) is 7.82. The summed E-state index contributed by atoms with van der Waals surface area (Å²) >= 11 is 6.00. The molecule has 112 valence electrons. The lowest BCUT2D eigenvalue weighted by atomic mass is 9.97. The SMILES string of the molecule is CC1CCC(C)N(S(=O)(=O)c2ccc(CO)c(Cl)c2)C1. The van der Waals surface area contributed by atoms with E-state index in [0.717, 1.165) is 12.8 Å². The van der Waals surface area contributed by atoms with Crippen LogP contribution in [-0.2, 0) is 16.6 Å². The third kappa shape index (κ3) is 3.01. The molecule has 1 N–H and O–H groups in total. The van der Waals surface area contributed by atoms with E-state index in [4.69, 9.17) is 16.7 Å². The summed E-state index contributed by atoms with van der Waals surface area (Å²) in [6, 6.07) is 4.51. The van der Waals surface area contributed by atoms with Crippen LogP contribution in [0.4, 0.5) is 0 Å². The second kappa shape index (κ2) is 6.02. The van der Waals surface area contributed by atoms with Crippen LogP contribution in [0.1, 0.15) is 32.3 Å². The fraction of sp³-hybridized carbons (Fsp3) is 0.571. The number of halogens is 1. The van der Waals surface area contributed by atoms with Gasteiger partial charge in [-0.25, -0.2) is 8.42 Å². The van der Waals surface area contributed by atoms with Crippen LogP contribution >= 0.6 is 11.6 Å². The number of sulfonamides is 1. The molecule has 2 atom stereocenters. The summed E-state index contributed by atoms with van der Waals surface area (Å²) in [6.45, 7) is 4.35. The third-order valence-corrected chi connectivity index (χ3v) is 6.19. The molecule has 1 saturated heterocycles. The van der Waals surface area contributed by atoms with Gasteiger partial charge in [0.2, 0.25) is 10.0 Å². The van der Waals surface area contributed by atoms with E-state index in [2.05, 4.69) is 6.92 Å². The number of aliphatic hydroxyl groups excluding tert-OH is 1. The number of nitrogens with zero attached hydrogens (tertiary/aromatic N) is 1. The highest BCUT2D eigenvalue weighted by Gasteiger charge is 2.33. The van der Waals surface area contributed by atoms with E-state index in [9.17, 15) is 8.42 Å². The fourth-order valence-electron chi connectivity index (χ4n) is 2.54. The van der Waals surface area contributed by atoms with E-state index in [1.807, 2.05) is 6.92 Å². The average Bonchev–Trinajstić information content (AvgIpc) is 2.41. The molecule has 0 saturated carbocycles. The van der Waals surface area contributed by atoms with E-state index in [0.29, 0.717) is 18.0 Å². The van der Waals surface area contributed by atoms with Gasteiger partial charge >= 0.3 is 0 Å². The van der Waals surface area contributed by atoms with E-state index >= 15 is 0 Å². The zero-order chi connectivity index (χ0) is 14.9. The summed E-state index contributed by atoms with van der Waals surface area (Å²) < 4.78 is 27.0. The zero-order valence-corrected chi connectivity index (χ0v) is 13.3. The lowest BCUT2D eigenvalue weighted by Crippen LogP contribution is -2.44. The van der Waals surface area contributed by atoms with Crippen LogP contribution in [-0.4, -0.2) is 30.4 Å². The normalized spacial score (nSPS) is 24.8. The van der Waals surface area contributed by atoms with E-state index in [1.165, 1.54) is 12.1 Å². The first-order valence-electron chi connectivity index (χ1n) is 6.77. The van der Waals surface area contributed by atoms with Crippen LogP contribution in [0.25, 0.3) is 0 Å². The molecule has 1 heterocycles. The molecule has 4 nitrogen and oxygen atoms in total. The van der Waals surface area contributed by atoms with Crippen molar-refractivity contribution in [2.75, 3.05) is 6.54 Å². The summed E-state index contributed by atoms with van der Waals surface area (Å²) in [5, 5.41) is 9.38. The Hall–Kier alpha value is -0.620. The molecule has 1 aromatic carbocycles. The van der Waals surface area contributed by atoms with Gasteiger partial charge in [0.15, 0.2) is 0 Å². The second-order valence-electron chi connectivity index (χ2n) is 5.52. The quantitative estimate of drug-likeness (QED) is 0.932. The van der Waals surface area contributed by atoms with Gasteiger partial charge in [-0.1, -0.05) is 24.6 Å². The van der Waals surface area contributed by atoms with Gasteiger partial charge in [0.25, 0.3) is 0 Å². The minimum absolute atomic E-state index is 0.00694. The van der Waals surface area contributed by atoms with Gasteiger partial charge in [0.05, 0.1) is 11.5 Å². The lowest BCUT2D eigenvalue weighted by molar-refractivity contribution is 0.218. The Labute approximate surface area is 125 Å². The van der Waals surface area contributed by atoms with Crippen LogP contribution < -0.4 is 0 Å². The summed E-state index contributed by atoms with van der Waals surface area (Å²) in [7, 11) is -3.52. The van der Waals surface area contributed by atoms with E-state index in [-0.39, 0.29) is 22.6 Å². The van der Waals surface area contributed by atoms with Gasteiger partial charge in [0, 0.05) is 17.6 Å². The summed E-state index contributed by atoms with van der Waals surface area (Å²) in [5.41, 5.74) is 0.533. The van der Waals surface area contributed by atoms with Crippen molar-refractivity contribution in [1.82, 2.24) is 4.31 Å². The molecule has 0 aliphatic carbocycles. The van der Waals surface area contributed by atoms with Crippen molar-refractivity contribution in [3.05, 3.63) is 28.8 Å². The highest BCUT2D eigenvalue weighted by atomic mass is 35.5. The largest absolute Gasteiger partial charge is 0.392 e. The molecule has 2 rings (SSSR count). The highest BCUT2D eigenvalue weighted by Crippen LogP contribution is 2.29. The van der Waals surface area contributed by atoms with Crippen molar-refractivity contribution in [2.45, 2.75) is 44.2 Å². The maximum absolute atomic E-state index is 12.7. The van der Waals surface area contributed by atoms with Crippen molar-refractivity contribution in [3.63, 3.8) is 0 Å². The van der Waals surface area contributed by atoms with Crippen LogP contribution in [0.5, 0.6) is 0 Å². The van der Waals surface area contributed by atoms with Gasteiger partial charge in [0.1, 0.15) is 0 Å². The Morgan fingerprint density at radius 3 is 2.65 bits per heavy atom. The summed E-state index contributed by atoms with van der Waals surface area (Å²) in [5.74, 6) is 0.369. The smallest absolute Gasteiger partial charge is 0.243 e. The molecular weight excluding hydrogens is 298 g/mol. The molecule has 0 spiro atoms. The summed E-state index contributed by atoms with van der Waals surface area (Å²) in [4.78, 5) is 0.195. The first-order chi connectivity index (χ1) is 9.36. The molecule has 20 heavy (non-hydrogen) atoms. The Kier molecular flexibility index (Phi) is 4.74. The van der Waals surface area contributed by atoms with Gasteiger partial charge in [-0.05, 0) is 43.4 Å².